The van der Waals surface area contributed by atoms with Crippen molar-refractivity contribution >= 4 is 21.4 Å². The summed E-state index contributed by atoms with van der Waals surface area (Å²) in [4.78, 5) is 12.7. The number of amides is 1. The van der Waals surface area contributed by atoms with Crippen LogP contribution in [0.15, 0.2) is 47.4 Å². The number of hydrogen-bond donors (Lipinski definition) is 1. The number of nitrogens with one attached hydrogen (secondary N) is 1. The van der Waals surface area contributed by atoms with E-state index in [-0.39, 0.29) is 10.8 Å². The minimum atomic E-state index is -3.46. The smallest absolute Gasteiger partial charge is 0.255 e. The number of ether oxygens (including phenoxy) is 1. The summed E-state index contributed by atoms with van der Waals surface area (Å²) in [6, 6.07) is 11.7. The highest BCUT2D eigenvalue weighted by molar-refractivity contribution is 7.92. The van der Waals surface area contributed by atoms with Crippen LogP contribution in [-0.4, -0.2) is 26.7 Å². The molecule has 0 aliphatic heterocycles. The van der Waals surface area contributed by atoms with Crippen LogP contribution < -0.4 is 10.1 Å². The first-order valence-corrected chi connectivity index (χ1v) is 10.2. The first kappa shape index (κ1) is 20.0. The number of benzene rings is 2. The van der Waals surface area contributed by atoms with Gasteiger partial charge in [0.25, 0.3) is 5.91 Å². The normalized spacial score (nSPS) is 11.4. The van der Waals surface area contributed by atoms with E-state index in [1.807, 2.05) is 32.9 Å². The number of aryl methyl sites for hydroxylation is 1. The van der Waals surface area contributed by atoms with Crippen LogP contribution in [0.4, 0.5) is 5.69 Å². The van der Waals surface area contributed by atoms with Gasteiger partial charge in [-0.05, 0) is 50.1 Å². The molecular weight excluding hydrogens is 350 g/mol. The highest BCUT2D eigenvalue weighted by Gasteiger charge is 2.25. The fourth-order valence-electron chi connectivity index (χ4n) is 2.78. The lowest BCUT2D eigenvalue weighted by atomic mass is 10.1. The molecule has 0 spiro atoms. The molecule has 0 saturated carbocycles. The summed E-state index contributed by atoms with van der Waals surface area (Å²) in [5.74, 6) is 0.0920. The zero-order valence-corrected chi connectivity index (χ0v) is 16.4. The Hall–Kier alpha value is -2.34. The zero-order chi connectivity index (χ0) is 19.3. The van der Waals surface area contributed by atoms with Gasteiger partial charge in [-0.1, -0.05) is 31.5 Å². The Morgan fingerprint density at radius 3 is 2.23 bits per heavy atom. The van der Waals surface area contributed by atoms with E-state index in [0.29, 0.717) is 29.8 Å². The second kappa shape index (κ2) is 8.36. The lowest BCUT2D eigenvalue weighted by molar-refractivity contribution is 0.102. The number of rotatable bonds is 7. The average Bonchev–Trinajstić information content (AvgIpc) is 2.63. The third-order valence-corrected chi connectivity index (χ3v) is 6.87. The molecule has 0 saturated heterocycles. The molecule has 5 nitrogen and oxygen atoms in total. The molecular formula is C20H25NO4S. The van der Waals surface area contributed by atoms with E-state index < -0.39 is 15.1 Å². The molecule has 140 valence electrons. The lowest BCUT2D eigenvalue weighted by Crippen LogP contribution is -2.20. The van der Waals surface area contributed by atoms with Crippen molar-refractivity contribution < 1.29 is 17.9 Å². The maximum Gasteiger partial charge on any atom is 0.255 e. The van der Waals surface area contributed by atoms with Gasteiger partial charge in [0, 0.05) is 5.56 Å². The molecule has 0 radical (unpaired) electrons. The summed E-state index contributed by atoms with van der Waals surface area (Å²) in [5, 5.41) is 2.31. The molecule has 1 N–H and O–H groups in total. The zero-order valence-electron chi connectivity index (χ0n) is 15.6. The van der Waals surface area contributed by atoms with Gasteiger partial charge in [-0.25, -0.2) is 8.42 Å². The van der Waals surface area contributed by atoms with Gasteiger partial charge >= 0.3 is 0 Å². The summed E-state index contributed by atoms with van der Waals surface area (Å²) in [6.07, 6.45) is 1.08. The van der Waals surface area contributed by atoms with E-state index in [0.717, 1.165) is 5.56 Å². The Balaban J connectivity index is 2.38. The van der Waals surface area contributed by atoms with Crippen molar-refractivity contribution in [2.75, 3.05) is 12.4 Å². The fraction of sp³-hybridized carbons (Fsp3) is 0.350. The van der Waals surface area contributed by atoms with Gasteiger partial charge in [0.2, 0.25) is 0 Å². The summed E-state index contributed by atoms with van der Waals surface area (Å²) in [7, 11) is -1.98. The van der Waals surface area contributed by atoms with Crippen LogP contribution in [0.2, 0.25) is 0 Å². The summed E-state index contributed by atoms with van der Waals surface area (Å²) >= 11 is 0. The predicted octanol–water partition coefficient (Wildman–Crippen LogP) is 4.22. The Morgan fingerprint density at radius 1 is 1.08 bits per heavy atom. The molecule has 26 heavy (non-hydrogen) atoms. The Kier molecular flexibility index (Phi) is 6.42. The third-order valence-electron chi connectivity index (χ3n) is 4.41. The minimum absolute atomic E-state index is 0.186. The summed E-state index contributed by atoms with van der Waals surface area (Å²) in [6.45, 7) is 5.65. The number of sulfone groups is 1. The molecule has 0 heterocycles. The fourth-order valence-corrected chi connectivity index (χ4v) is 4.58. The third kappa shape index (κ3) is 4.25. The molecule has 6 heteroatoms. The highest BCUT2D eigenvalue weighted by Crippen LogP contribution is 2.30. The van der Waals surface area contributed by atoms with E-state index in [2.05, 4.69) is 5.32 Å². The number of hydrogen-bond acceptors (Lipinski definition) is 4. The molecule has 0 aliphatic carbocycles. The van der Waals surface area contributed by atoms with Gasteiger partial charge < -0.3 is 10.1 Å². The van der Waals surface area contributed by atoms with Gasteiger partial charge in [0.05, 0.1) is 22.9 Å². The van der Waals surface area contributed by atoms with Gasteiger partial charge in [-0.3, -0.25) is 4.79 Å². The van der Waals surface area contributed by atoms with E-state index in [1.165, 1.54) is 19.2 Å². The molecule has 0 aliphatic rings. The average molecular weight is 375 g/mol. The van der Waals surface area contributed by atoms with Crippen molar-refractivity contribution in [3.8, 4) is 5.75 Å². The highest BCUT2D eigenvalue weighted by atomic mass is 32.2. The second-order valence-corrected chi connectivity index (χ2v) is 8.39. The van der Waals surface area contributed by atoms with Gasteiger partial charge in [0.1, 0.15) is 5.75 Å². The summed E-state index contributed by atoms with van der Waals surface area (Å²) < 4.78 is 30.8. The minimum Gasteiger partial charge on any atom is -0.495 e. The van der Waals surface area contributed by atoms with Crippen molar-refractivity contribution in [1.82, 2.24) is 0 Å². The van der Waals surface area contributed by atoms with Crippen molar-refractivity contribution in [1.29, 1.82) is 0 Å². The molecule has 0 bridgehead atoms. The number of anilines is 1. The van der Waals surface area contributed by atoms with E-state index in [9.17, 15) is 13.2 Å². The van der Waals surface area contributed by atoms with Crippen molar-refractivity contribution in [2.24, 2.45) is 0 Å². The van der Waals surface area contributed by atoms with E-state index in [4.69, 9.17) is 4.74 Å². The SMILES string of the molecule is CCC(CC)S(=O)(=O)c1ccc(OC)c(NC(=O)c2ccc(C)cc2)c1. The maximum atomic E-state index is 12.8. The largest absolute Gasteiger partial charge is 0.495 e. The number of carbonyl (C=O) groups excluding carboxylic acids is 1. The van der Waals surface area contributed by atoms with Crippen LogP contribution in [0.3, 0.4) is 0 Å². The van der Waals surface area contributed by atoms with Crippen LogP contribution in [0, 0.1) is 6.92 Å². The van der Waals surface area contributed by atoms with Crippen molar-refractivity contribution in [2.45, 2.75) is 43.8 Å². The standard InChI is InChI=1S/C20H25NO4S/c1-5-16(6-2)26(23,24)17-11-12-19(25-4)18(13-17)21-20(22)15-9-7-14(3)8-10-15/h7-13,16H,5-6H2,1-4H3,(H,21,22). The quantitative estimate of drug-likeness (QED) is 0.786. The van der Waals surface area contributed by atoms with Crippen LogP contribution in [0.1, 0.15) is 42.6 Å². The molecule has 0 fully saturated rings. The molecule has 2 aromatic rings. The molecule has 0 unspecified atom stereocenters. The van der Waals surface area contributed by atoms with Gasteiger partial charge in [-0.15, -0.1) is 0 Å². The molecule has 0 aromatic heterocycles. The van der Waals surface area contributed by atoms with E-state index in [1.54, 1.807) is 18.2 Å². The van der Waals surface area contributed by atoms with Crippen molar-refractivity contribution in [3.05, 3.63) is 53.6 Å². The van der Waals surface area contributed by atoms with Gasteiger partial charge in [-0.2, -0.15) is 0 Å². The van der Waals surface area contributed by atoms with Crippen LogP contribution >= 0.6 is 0 Å². The maximum absolute atomic E-state index is 12.8. The van der Waals surface area contributed by atoms with Crippen LogP contribution in [-0.2, 0) is 9.84 Å². The Bertz CT molecular complexity index is 869. The lowest BCUT2D eigenvalue weighted by Gasteiger charge is -2.16. The Morgan fingerprint density at radius 2 is 1.69 bits per heavy atom. The molecule has 0 atom stereocenters. The van der Waals surface area contributed by atoms with Crippen LogP contribution in [0.25, 0.3) is 0 Å². The second-order valence-electron chi connectivity index (χ2n) is 6.17. The molecule has 1 amide bonds. The first-order valence-electron chi connectivity index (χ1n) is 8.63. The van der Waals surface area contributed by atoms with Gasteiger partial charge in [0.15, 0.2) is 9.84 Å². The number of methoxy groups -OCH3 is 1. The molecule has 2 aromatic carbocycles. The topological polar surface area (TPSA) is 72.5 Å². The Labute approximate surface area is 155 Å². The number of carbonyl (C=O) groups is 1. The first-order chi connectivity index (χ1) is 12.3. The monoisotopic (exact) mass is 375 g/mol. The van der Waals surface area contributed by atoms with Crippen LogP contribution in [0.5, 0.6) is 5.75 Å². The van der Waals surface area contributed by atoms with E-state index >= 15 is 0 Å². The molecule has 2 rings (SSSR count). The summed E-state index contributed by atoms with van der Waals surface area (Å²) in [5.41, 5.74) is 1.88. The van der Waals surface area contributed by atoms with Crippen molar-refractivity contribution in [3.63, 3.8) is 0 Å². The predicted molar refractivity (Wildman–Crippen MR) is 104 cm³/mol.